The average molecular weight is 177 g/mol. The van der Waals surface area contributed by atoms with Gasteiger partial charge in [0.2, 0.25) is 0 Å². The van der Waals surface area contributed by atoms with Crippen molar-refractivity contribution >= 4 is 0 Å². The second-order valence-electron chi connectivity index (χ2n) is 3.63. The molecule has 0 saturated heterocycles. The van der Waals surface area contributed by atoms with Crippen LogP contribution in [0, 0.1) is 13.8 Å². The normalized spacial score (nSPS) is 10.4. The minimum Gasteiger partial charge on any atom is -0.320 e. The Bertz CT molecular complexity index is 266. The van der Waals surface area contributed by atoms with Crippen LogP contribution in [0.3, 0.4) is 0 Å². The third-order valence-corrected chi connectivity index (χ3v) is 2.46. The highest BCUT2D eigenvalue weighted by molar-refractivity contribution is 5.29. The lowest BCUT2D eigenvalue weighted by Gasteiger charge is -2.04. The molecule has 1 rings (SSSR count). The Kier molecular flexibility index (Phi) is 3.97. The molecule has 0 aromatic heterocycles. The lowest BCUT2D eigenvalue weighted by atomic mass is 10.0. The van der Waals surface area contributed by atoms with E-state index in [-0.39, 0.29) is 0 Å². The molecule has 1 N–H and O–H groups in total. The van der Waals surface area contributed by atoms with Crippen molar-refractivity contribution in [3.63, 3.8) is 0 Å². The predicted octanol–water partition coefficient (Wildman–Crippen LogP) is 2.46. The molecule has 1 nitrogen and oxygen atoms in total. The molecule has 0 radical (unpaired) electrons. The zero-order chi connectivity index (χ0) is 9.68. The topological polar surface area (TPSA) is 12.0 Å². The van der Waals surface area contributed by atoms with Crippen LogP contribution in [0.15, 0.2) is 18.2 Å². The SMILES string of the molecule is CNCCCc1ccc(C)c(C)c1. The van der Waals surface area contributed by atoms with Gasteiger partial charge in [-0.05, 0) is 57.0 Å². The molecule has 0 aliphatic carbocycles. The Hall–Kier alpha value is -0.820. The number of rotatable bonds is 4. The van der Waals surface area contributed by atoms with E-state index in [0.29, 0.717) is 0 Å². The Balaban J connectivity index is 2.53. The van der Waals surface area contributed by atoms with Gasteiger partial charge in [-0.25, -0.2) is 0 Å². The number of hydrogen-bond donors (Lipinski definition) is 1. The van der Waals surface area contributed by atoms with Gasteiger partial charge in [0.25, 0.3) is 0 Å². The largest absolute Gasteiger partial charge is 0.320 e. The van der Waals surface area contributed by atoms with Crippen LogP contribution in [0.5, 0.6) is 0 Å². The van der Waals surface area contributed by atoms with Crippen molar-refractivity contribution in [2.45, 2.75) is 26.7 Å². The summed E-state index contributed by atoms with van der Waals surface area (Å²) in [5, 5.41) is 3.16. The average Bonchev–Trinajstić information content (AvgIpc) is 2.12. The Morgan fingerprint density at radius 2 is 1.92 bits per heavy atom. The van der Waals surface area contributed by atoms with E-state index in [1.807, 2.05) is 7.05 Å². The second kappa shape index (κ2) is 5.03. The maximum absolute atomic E-state index is 3.16. The van der Waals surface area contributed by atoms with Crippen molar-refractivity contribution in [3.8, 4) is 0 Å². The predicted molar refractivity (Wildman–Crippen MR) is 58.2 cm³/mol. The fourth-order valence-electron chi connectivity index (χ4n) is 1.43. The maximum atomic E-state index is 3.16. The molecule has 0 bridgehead atoms. The Labute approximate surface area is 81.2 Å². The van der Waals surface area contributed by atoms with Gasteiger partial charge in [-0.15, -0.1) is 0 Å². The molecule has 0 heterocycles. The highest BCUT2D eigenvalue weighted by Crippen LogP contribution is 2.10. The molecule has 0 aliphatic rings. The molecule has 1 aromatic rings. The van der Waals surface area contributed by atoms with Crippen molar-refractivity contribution in [2.75, 3.05) is 13.6 Å². The minimum atomic E-state index is 1.10. The standard InChI is InChI=1S/C12H19N/c1-10-6-7-12(9-11(10)2)5-4-8-13-3/h6-7,9,13H,4-5,8H2,1-3H3. The smallest absolute Gasteiger partial charge is 0.00488 e. The first kappa shape index (κ1) is 10.3. The summed E-state index contributed by atoms with van der Waals surface area (Å²) in [6.45, 7) is 5.44. The number of nitrogens with one attached hydrogen (secondary N) is 1. The molecule has 13 heavy (non-hydrogen) atoms. The zero-order valence-electron chi connectivity index (χ0n) is 8.85. The summed E-state index contributed by atoms with van der Waals surface area (Å²) < 4.78 is 0. The molecule has 0 aliphatic heterocycles. The molecule has 1 heteroatoms. The summed E-state index contributed by atoms with van der Waals surface area (Å²) in [5.41, 5.74) is 4.25. The van der Waals surface area contributed by atoms with Crippen molar-refractivity contribution in [3.05, 3.63) is 34.9 Å². The summed E-state index contributed by atoms with van der Waals surface area (Å²) in [5.74, 6) is 0. The summed E-state index contributed by atoms with van der Waals surface area (Å²) >= 11 is 0. The summed E-state index contributed by atoms with van der Waals surface area (Å²) in [7, 11) is 2.00. The molecule has 1 aromatic carbocycles. The van der Waals surface area contributed by atoms with Gasteiger partial charge < -0.3 is 5.32 Å². The van der Waals surface area contributed by atoms with Crippen LogP contribution in [0.4, 0.5) is 0 Å². The molecule has 0 amide bonds. The molecular formula is C12H19N. The summed E-state index contributed by atoms with van der Waals surface area (Å²) in [4.78, 5) is 0. The van der Waals surface area contributed by atoms with Crippen molar-refractivity contribution in [2.24, 2.45) is 0 Å². The molecular weight excluding hydrogens is 158 g/mol. The van der Waals surface area contributed by atoms with E-state index in [2.05, 4.69) is 37.4 Å². The molecule has 0 fully saturated rings. The molecule has 72 valence electrons. The zero-order valence-corrected chi connectivity index (χ0v) is 8.85. The fraction of sp³-hybridized carbons (Fsp3) is 0.500. The van der Waals surface area contributed by atoms with Crippen LogP contribution in [0.1, 0.15) is 23.1 Å². The van der Waals surface area contributed by atoms with Gasteiger partial charge in [0.1, 0.15) is 0 Å². The van der Waals surface area contributed by atoms with E-state index in [1.54, 1.807) is 0 Å². The summed E-state index contributed by atoms with van der Waals surface area (Å²) in [6, 6.07) is 6.74. The third kappa shape index (κ3) is 3.19. The maximum Gasteiger partial charge on any atom is -0.00488 e. The Morgan fingerprint density at radius 3 is 2.54 bits per heavy atom. The van der Waals surface area contributed by atoms with E-state index in [4.69, 9.17) is 0 Å². The number of hydrogen-bond acceptors (Lipinski definition) is 1. The first-order valence-corrected chi connectivity index (χ1v) is 4.95. The van der Waals surface area contributed by atoms with E-state index in [9.17, 15) is 0 Å². The van der Waals surface area contributed by atoms with Crippen LogP contribution in [-0.2, 0) is 6.42 Å². The fourth-order valence-corrected chi connectivity index (χ4v) is 1.43. The number of benzene rings is 1. The molecule has 0 atom stereocenters. The van der Waals surface area contributed by atoms with Crippen molar-refractivity contribution < 1.29 is 0 Å². The van der Waals surface area contributed by atoms with Gasteiger partial charge in [-0.2, -0.15) is 0 Å². The van der Waals surface area contributed by atoms with Gasteiger partial charge in [0.15, 0.2) is 0 Å². The van der Waals surface area contributed by atoms with Gasteiger partial charge in [-0.1, -0.05) is 18.2 Å². The highest BCUT2D eigenvalue weighted by atomic mass is 14.8. The Morgan fingerprint density at radius 1 is 1.15 bits per heavy atom. The van der Waals surface area contributed by atoms with Crippen molar-refractivity contribution in [1.29, 1.82) is 0 Å². The number of aryl methyl sites for hydroxylation is 3. The monoisotopic (exact) mass is 177 g/mol. The first-order valence-electron chi connectivity index (χ1n) is 4.95. The van der Waals surface area contributed by atoms with E-state index < -0.39 is 0 Å². The van der Waals surface area contributed by atoms with Crippen LogP contribution in [0.25, 0.3) is 0 Å². The van der Waals surface area contributed by atoms with E-state index in [0.717, 1.165) is 6.54 Å². The lowest BCUT2D eigenvalue weighted by molar-refractivity contribution is 0.724. The van der Waals surface area contributed by atoms with Gasteiger partial charge in [-0.3, -0.25) is 0 Å². The molecule has 0 spiro atoms. The van der Waals surface area contributed by atoms with Gasteiger partial charge in [0, 0.05) is 0 Å². The van der Waals surface area contributed by atoms with Gasteiger partial charge in [0.05, 0.1) is 0 Å². The third-order valence-electron chi connectivity index (χ3n) is 2.46. The van der Waals surface area contributed by atoms with Gasteiger partial charge >= 0.3 is 0 Å². The first-order chi connectivity index (χ1) is 6.24. The second-order valence-corrected chi connectivity index (χ2v) is 3.63. The lowest BCUT2D eigenvalue weighted by Crippen LogP contribution is -2.08. The van der Waals surface area contributed by atoms with Crippen LogP contribution >= 0.6 is 0 Å². The highest BCUT2D eigenvalue weighted by Gasteiger charge is 1.95. The van der Waals surface area contributed by atoms with Crippen LogP contribution in [0.2, 0.25) is 0 Å². The molecule has 0 saturated carbocycles. The quantitative estimate of drug-likeness (QED) is 0.697. The minimum absolute atomic E-state index is 1.10. The van der Waals surface area contributed by atoms with Crippen LogP contribution in [-0.4, -0.2) is 13.6 Å². The van der Waals surface area contributed by atoms with E-state index in [1.165, 1.54) is 29.5 Å². The molecule has 0 unspecified atom stereocenters. The van der Waals surface area contributed by atoms with E-state index >= 15 is 0 Å². The summed E-state index contributed by atoms with van der Waals surface area (Å²) in [6.07, 6.45) is 2.40. The van der Waals surface area contributed by atoms with Crippen LogP contribution < -0.4 is 5.32 Å². The van der Waals surface area contributed by atoms with Crippen molar-refractivity contribution in [1.82, 2.24) is 5.32 Å².